The zero-order valence-electron chi connectivity index (χ0n) is 25.3. The monoisotopic (exact) mass is 560 g/mol. The van der Waals surface area contributed by atoms with Crippen LogP contribution < -0.4 is 9.47 Å². The predicted octanol–water partition coefficient (Wildman–Crippen LogP) is 8.67. The Balaban J connectivity index is 0.00000391. The molecular formula is C31H48N2O7. The molecule has 0 radical (unpaired) electrons. The van der Waals surface area contributed by atoms with Crippen molar-refractivity contribution < 1.29 is 29.0 Å². The van der Waals surface area contributed by atoms with E-state index in [1.807, 2.05) is 13.8 Å². The van der Waals surface area contributed by atoms with Crippen molar-refractivity contribution in [3.63, 3.8) is 0 Å². The van der Waals surface area contributed by atoms with Crippen LogP contribution in [0.15, 0.2) is 30.3 Å². The number of aromatic hydroxyl groups is 1. The Morgan fingerprint density at radius 1 is 0.925 bits per heavy atom. The van der Waals surface area contributed by atoms with Gasteiger partial charge >= 0.3 is 6.09 Å². The number of nitro groups is 1. The molecule has 0 saturated heterocycles. The molecule has 0 aromatic heterocycles. The number of phenols is 1. The number of methoxy groups -OCH3 is 2. The second-order valence-corrected chi connectivity index (χ2v) is 9.40. The first-order valence-corrected chi connectivity index (χ1v) is 14.5. The molecule has 9 heteroatoms. The lowest BCUT2D eigenvalue weighted by Crippen LogP contribution is -2.34. The lowest BCUT2D eigenvalue weighted by atomic mass is 9.98. The lowest BCUT2D eigenvalue weighted by molar-refractivity contribution is -0.386. The quantitative estimate of drug-likeness (QED) is 0.124. The molecule has 224 valence electrons. The summed E-state index contributed by atoms with van der Waals surface area (Å²) in [5, 5.41) is 22.2. The highest BCUT2D eigenvalue weighted by Crippen LogP contribution is 2.41. The molecule has 2 aromatic carbocycles. The van der Waals surface area contributed by atoms with Crippen molar-refractivity contribution in [2.24, 2.45) is 0 Å². The van der Waals surface area contributed by atoms with E-state index in [9.17, 15) is 20.0 Å². The number of phenolic OH excluding ortho intramolecular Hbond substituents is 1. The third-order valence-corrected chi connectivity index (χ3v) is 6.55. The average Bonchev–Trinajstić information content (AvgIpc) is 2.96. The molecule has 40 heavy (non-hydrogen) atoms. The summed E-state index contributed by atoms with van der Waals surface area (Å²) in [6, 6.07) is 7.76. The van der Waals surface area contributed by atoms with E-state index < -0.39 is 17.1 Å². The van der Waals surface area contributed by atoms with Gasteiger partial charge in [0.15, 0.2) is 11.5 Å². The molecule has 2 rings (SSSR count). The van der Waals surface area contributed by atoms with Crippen LogP contribution in [0.5, 0.6) is 17.2 Å². The van der Waals surface area contributed by atoms with Gasteiger partial charge in [-0.3, -0.25) is 10.1 Å². The van der Waals surface area contributed by atoms with Crippen molar-refractivity contribution in [3.05, 3.63) is 46.0 Å². The van der Waals surface area contributed by atoms with Crippen molar-refractivity contribution in [2.75, 3.05) is 27.3 Å². The van der Waals surface area contributed by atoms with E-state index in [0.717, 1.165) is 51.4 Å². The summed E-state index contributed by atoms with van der Waals surface area (Å²) in [7, 11) is 2.88. The Labute approximate surface area is 239 Å². The number of amides is 1. The number of ether oxygens (including phenoxy) is 3. The van der Waals surface area contributed by atoms with Crippen molar-refractivity contribution >= 4 is 11.8 Å². The third-order valence-electron chi connectivity index (χ3n) is 6.55. The van der Waals surface area contributed by atoms with Gasteiger partial charge in [0.2, 0.25) is 5.75 Å². The maximum absolute atomic E-state index is 13.2. The standard InChI is InChI=1S/C29H42N2O7.C2H6/c1-6-8-10-12-16-30(17-13-11-9-7-2)29(33)38-21(3)24-18-22(14-15-25(24)31(34)35)23-19-26(32)28(37-5)27(20-23)36-4;1-2/h14-15,18-21,32H,6-13,16-17H2,1-5H3;1-2H3. The topological polar surface area (TPSA) is 111 Å². The summed E-state index contributed by atoms with van der Waals surface area (Å²) < 4.78 is 16.3. The minimum absolute atomic E-state index is 0.122. The van der Waals surface area contributed by atoms with Crippen LogP contribution in [0.3, 0.4) is 0 Å². The van der Waals surface area contributed by atoms with Crippen LogP contribution in [0.1, 0.15) is 97.7 Å². The number of benzene rings is 2. The number of nitrogens with zero attached hydrogens (tertiary/aromatic N) is 2. The fraction of sp³-hybridized carbons (Fsp3) is 0.581. The molecule has 0 heterocycles. The first-order chi connectivity index (χ1) is 19.3. The normalized spacial score (nSPS) is 11.2. The summed E-state index contributed by atoms with van der Waals surface area (Å²) in [6.07, 6.45) is 6.98. The predicted molar refractivity (Wildman–Crippen MR) is 159 cm³/mol. The van der Waals surface area contributed by atoms with E-state index in [2.05, 4.69) is 13.8 Å². The maximum atomic E-state index is 13.2. The highest BCUT2D eigenvalue weighted by molar-refractivity contribution is 5.73. The van der Waals surface area contributed by atoms with E-state index in [0.29, 0.717) is 30.0 Å². The number of carbonyl (C=O) groups is 1. The first-order valence-electron chi connectivity index (χ1n) is 14.5. The van der Waals surface area contributed by atoms with Gasteiger partial charge in [0.25, 0.3) is 5.69 Å². The number of hydrogen-bond acceptors (Lipinski definition) is 7. The average molecular weight is 561 g/mol. The molecule has 0 bridgehead atoms. The summed E-state index contributed by atoms with van der Waals surface area (Å²) in [6.45, 7) is 11.1. The van der Waals surface area contributed by atoms with E-state index >= 15 is 0 Å². The number of carbonyl (C=O) groups excluding carboxylic acids is 1. The highest BCUT2D eigenvalue weighted by atomic mass is 16.6. The molecule has 0 aliphatic carbocycles. The van der Waals surface area contributed by atoms with Crippen LogP contribution in [-0.2, 0) is 4.74 Å². The van der Waals surface area contributed by atoms with Crippen LogP contribution >= 0.6 is 0 Å². The first kappa shape index (κ1) is 34.5. The number of unbranched alkanes of at least 4 members (excludes halogenated alkanes) is 6. The van der Waals surface area contributed by atoms with E-state index in [-0.39, 0.29) is 22.7 Å². The van der Waals surface area contributed by atoms with E-state index in [1.54, 1.807) is 30.0 Å². The minimum Gasteiger partial charge on any atom is -0.504 e. The van der Waals surface area contributed by atoms with Gasteiger partial charge in [-0.15, -0.1) is 0 Å². The summed E-state index contributed by atoms with van der Waals surface area (Å²) in [5.74, 6) is 0.394. The lowest BCUT2D eigenvalue weighted by Gasteiger charge is -2.25. The van der Waals surface area contributed by atoms with Crippen LogP contribution in [0.4, 0.5) is 10.5 Å². The Bertz CT molecular complexity index is 1050. The second-order valence-electron chi connectivity index (χ2n) is 9.40. The molecule has 1 unspecified atom stereocenters. The minimum atomic E-state index is -0.856. The van der Waals surface area contributed by atoms with Crippen LogP contribution in [0, 0.1) is 10.1 Å². The van der Waals surface area contributed by atoms with Crippen LogP contribution in [0.25, 0.3) is 11.1 Å². The smallest absolute Gasteiger partial charge is 0.410 e. The van der Waals surface area contributed by atoms with Gasteiger partial charge in [0, 0.05) is 19.2 Å². The van der Waals surface area contributed by atoms with Gasteiger partial charge in [-0.1, -0.05) is 66.2 Å². The van der Waals surface area contributed by atoms with Gasteiger partial charge in [0.1, 0.15) is 6.10 Å². The summed E-state index contributed by atoms with van der Waals surface area (Å²) in [5.41, 5.74) is 1.30. The molecule has 0 saturated carbocycles. The Hall–Kier alpha value is -3.49. The molecule has 1 N–H and O–H groups in total. The molecule has 1 amide bonds. The largest absolute Gasteiger partial charge is 0.504 e. The van der Waals surface area contributed by atoms with Gasteiger partial charge in [-0.25, -0.2) is 4.79 Å². The summed E-state index contributed by atoms with van der Waals surface area (Å²) in [4.78, 5) is 26.2. The zero-order valence-corrected chi connectivity index (χ0v) is 25.3. The number of hydrogen-bond donors (Lipinski definition) is 1. The van der Waals surface area contributed by atoms with Crippen molar-refractivity contribution in [3.8, 4) is 28.4 Å². The molecule has 2 aromatic rings. The highest BCUT2D eigenvalue weighted by Gasteiger charge is 2.25. The third kappa shape index (κ3) is 10.2. The second kappa shape index (κ2) is 18.7. The van der Waals surface area contributed by atoms with Crippen LogP contribution in [0.2, 0.25) is 0 Å². The van der Waals surface area contributed by atoms with Crippen LogP contribution in [-0.4, -0.2) is 48.3 Å². The van der Waals surface area contributed by atoms with Crippen molar-refractivity contribution in [1.29, 1.82) is 0 Å². The molecule has 0 fully saturated rings. The number of nitro benzene ring substituents is 1. The Kier molecular flexibility index (Phi) is 16.2. The Morgan fingerprint density at radius 3 is 2.02 bits per heavy atom. The van der Waals surface area contributed by atoms with Gasteiger partial charge in [-0.05, 0) is 55.2 Å². The van der Waals surface area contributed by atoms with Crippen molar-refractivity contribution in [1.82, 2.24) is 4.90 Å². The number of rotatable bonds is 16. The molecule has 1 atom stereocenters. The van der Waals surface area contributed by atoms with Crippen molar-refractivity contribution in [2.45, 2.75) is 92.1 Å². The van der Waals surface area contributed by atoms with Gasteiger partial charge in [-0.2, -0.15) is 0 Å². The zero-order chi connectivity index (χ0) is 30.1. The SMILES string of the molecule is CC.CCCCCCN(CCCCCC)C(=O)OC(C)c1cc(-c2cc(O)c(OC)c(OC)c2)ccc1[N+](=O)[O-]. The van der Waals surface area contributed by atoms with Gasteiger partial charge < -0.3 is 24.2 Å². The fourth-order valence-electron chi connectivity index (χ4n) is 4.38. The molecule has 9 nitrogen and oxygen atoms in total. The van der Waals surface area contributed by atoms with E-state index in [4.69, 9.17) is 14.2 Å². The molecular weight excluding hydrogens is 512 g/mol. The molecule has 0 aliphatic heterocycles. The molecule has 0 spiro atoms. The fourth-order valence-corrected chi connectivity index (χ4v) is 4.38. The Morgan fingerprint density at radius 2 is 1.52 bits per heavy atom. The summed E-state index contributed by atoms with van der Waals surface area (Å²) >= 11 is 0. The molecule has 0 aliphatic rings. The van der Waals surface area contributed by atoms with Gasteiger partial charge in [0.05, 0.1) is 24.7 Å². The van der Waals surface area contributed by atoms with E-state index in [1.165, 1.54) is 26.4 Å². The maximum Gasteiger partial charge on any atom is 0.410 e.